The number of anilines is 1. The van der Waals surface area contributed by atoms with Crippen molar-refractivity contribution >= 4 is 28.9 Å². The van der Waals surface area contributed by atoms with E-state index in [1.165, 1.54) is 4.68 Å². The molecule has 106 valence electrons. The summed E-state index contributed by atoms with van der Waals surface area (Å²) in [6.07, 6.45) is 1.56. The third-order valence-electron chi connectivity index (χ3n) is 2.80. The predicted molar refractivity (Wildman–Crippen MR) is 82.7 cm³/mol. The van der Waals surface area contributed by atoms with Gasteiger partial charge in [-0.25, -0.2) is 4.68 Å². The zero-order chi connectivity index (χ0) is 14.7. The van der Waals surface area contributed by atoms with Crippen molar-refractivity contribution in [1.82, 2.24) is 9.78 Å². The summed E-state index contributed by atoms with van der Waals surface area (Å²) in [5.74, 6) is 0. The highest BCUT2D eigenvalue weighted by atomic mass is 35.5. The van der Waals surface area contributed by atoms with Gasteiger partial charge in [0.25, 0.3) is 5.56 Å². The van der Waals surface area contributed by atoms with E-state index in [9.17, 15) is 4.79 Å². The van der Waals surface area contributed by atoms with E-state index in [1.807, 2.05) is 38.1 Å². The van der Waals surface area contributed by atoms with Crippen LogP contribution in [0.1, 0.15) is 25.5 Å². The van der Waals surface area contributed by atoms with E-state index in [0.717, 1.165) is 5.56 Å². The SMILES string of the molecule is CC(C)n1ncc(NCc2cccc(Cl)c2)c(Cl)c1=O. The third-order valence-corrected chi connectivity index (χ3v) is 3.41. The first-order valence-electron chi connectivity index (χ1n) is 6.24. The zero-order valence-electron chi connectivity index (χ0n) is 11.2. The largest absolute Gasteiger partial charge is 0.378 e. The number of benzene rings is 1. The van der Waals surface area contributed by atoms with Gasteiger partial charge in [-0.2, -0.15) is 5.10 Å². The molecule has 0 radical (unpaired) electrons. The lowest BCUT2D eigenvalue weighted by Gasteiger charge is -2.12. The number of rotatable bonds is 4. The fraction of sp³-hybridized carbons (Fsp3) is 0.286. The van der Waals surface area contributed by atoms with Crippen molar-refractivity contribution in [1.29, 1.82) is 0 Å². The summed E-state index contributed by atoms with van der Waals surface area (Å²) in [6, 6.07) is 7.45. The summed E-state index contributed by atoms with van der Waals surface area (Å²) in [7, 11) is 0. The normalized spacial score (nSPS) is 10.8. The van der Waals surface area contributed by atoms with Crippen LogP contribution in [0.4, 0.5) is 5.69 Å². The molecule has 1 heterocycles. The first-order valence-corrected chi connectivity index (χ1v) is 7.00. The van der Waals surface area contributed by atoms with Crippen LogP contribution in [0.5, 0.6) is 0 Å². The van der Waals surface area contributed by atoms with Crippen molar-refractivity contribution in [3.8, 4) is 0 Å². The molecule has 4 nitrogen and oxygen atoms in total. The molecule has 0 saturated heterocycles. The second-order valence-corrected chi connectivity index (χ2v) is 5.51. The van der Waals surface area contributed by atoms with Crippen LogP contribution >= 0.6 is 23.2 Å². The van der Waals surface area contributed by atoms with Crippen LogP contribution in [0.15, 0.2) is 35.3 Å². The lowest BCUT2D eigenvalue weighted by atomic mass is 10.2. The van der Waals surface area contributed by atoms with Gasteiger partial charge in [0.1, 0.15) is 5.02 Å². The summed E-state index contributed by atoms with van der Waals surface area (Å²) in [5.41, 5.74) is 1.23. The van der Waals surface area contributed by atoms with E-state index in [0.29, 0.717) is 17.3 Å². The van der Waals surface area contributed by atoms with E-state index in [4.69, 9.17) is 23.2 Å². The molecule has 0 unspecified atom stereocenters. The topological polar surface area (TPSA) is 46.9 Å². The molecule has 2 aromatic rings. The van der Waals surface area contributed by atoms with Crippen LogP contribution in [0.25, 0.3) is 0 Å². The van der Waals surface area contributed by atoms with Crippen molar-refractivity contribution in [2.24, 2.45) is 0 Å². The van der Waals surface area contributed by atoms with E-state index >= 15 is 0 Å². The van der Waals surface area contributed by atoms with Gasteiger partial charge in [-0.05, 0) is 31.5 Å². The molecule has 0 fully saturated rings. The van der Waals surface area contributed by atoms with Crippen LogP contribution < -0.4 is 10.9 Å². The molecule has 2 rings (SSSR count). The Bertz CT molecular complexity index is 668. The average Bonchev–Trinajstić information content (AvgIpc) is 2.40. The van der Waals surface area contributed by atoms with Gasteiger partial charge in [-0.1, -0.05) is 35.3 Å². The maximum absolute atomic E-state index is 12.0. The molecule has 0 saturated carbocycles. The summed E-state index contributed by atoms with van der Waals surface area (Å²) in [4.78, 5) is 12.0. The molecule has 0 atom stereocenters. The lowest BCUT2D eigenvalue weighted by molar-refractivity contribution is 0.503. The molecule has 1 aromatic carbocycles. The molecule has 1 N–H and O–H groups in total. The van der Waals surface area contributed by atoms with Crippen LogP contribution in [0.3, 0.4) is 0 Å². The summed E-state index contributed by atoms with van der Waals surface area (Å²) in [5, 5.41) is 8.02. The van der Waals surface area contributed by atoms with Crippen LogP contribution in [0.2, 0.25) is 10.0 Å². The van der Waals surface area contributed by atoms with Crippen molar-refractivity contribution < 1.29 is 0 Å². The van der Waals surface area contributed by atoms with Crippen molar-refractivity contribution in [2.45, 2.75) is 26.4 Å². The van der Waals surface area contributed by atoms with E-state index in [-0.39, 0.29) is 16.6 Å². The number of nitrogens with one attached hydrogen (secondary N) is 1. The first-order chi connectivity index (χ1) is 9.49. The second kappa shape index (κ2) is 6.29. The fourth-order valence-electron chi connectivity index (χ4n) is 1.78. The predicted octanol–water partition coefficient (Wildman–Crippen LogP) is 3.74. The Labute approximate surface area is 127 Å². The summed E-state index contributed by atoms with van der Waals surface area (Å²) < 4.78 is 1.35. The van der Waals surface area contributed by atoms with Crippen LogP contribution in [-0.4, -0.2) is 9.78 Å². The Morgan fingerprint density at radius 1 is 1.35 bits per heavy atom. The summed E-state index contributed by atoms with van der Waals surface area (Å²) >= 11 is 12.0. The van der Waals surface area contributed by atoms with Gasteiger partial charge in [-0.15, -0.1) is 0 Å². The Balaban J connectivity index is 2.19. The standard InChI is InChI=1S/C14H15Cl2N3O/c1-9(2)19-14(20)13(16)12(8-18-19)17-7-10-4-3-5-11(15)6-10/h3-6,8-9,17H,7H2,1-2H3. The number of aromatic nitrogens is 2. The fourth-order valence-corrected chi connectivity index (χ4v) is 2.20. The maximum atomic E-state index is 12.0. The molecule has 0 aliphatic carbocycles. The molecule has 0 bridgehead atoms. The van der Waals surface area contributed by atoms with E-state index in [1.54, 1.807) is 6.20 Å². The minimum Gasteiger partial charge on any atom is -0.378 e. The van der Waals surface area contributed by atoms with Gasteiger partial charge in [0.2, 0.25) is 0 Å². The average molecular weight is 312 g/mol. The Hall–Kier alpha value is -1.52. The smallest absolute Gasteiger partial charge is 0.287 e. The Morgan fingerprint density at radius 2 is 2.10 bits per heavy atom. The molecular weight excluding hydrogens is 297 g/mol. The number of halogens is 2. The van der Waals surface area contributed by atoms with Crippen LogP contribution in [-0.2, 0) is 6.54 Å². The Kier molecular flexibility index (Phi) is 4.68. The molecular formula is C14H15Cl2N3O. The highest BCUT2D eigenvalue weighted by Gasteiger charge is 2.10. The number of hydrogen-bond acceptors (Lipinski definition) is 3. The van der Waals surface area contributed by atoms with E-state index in [2.05, 4.69) is 10.4 Å². The second-order valence-electron chi connectivity index (χ2n) is 4.70. The first kappa shape index (κ1) is 14.9. The Morgan fingerprint density at radius 3 is 2.75 bits per heavy atom. The molecule has 0 aliphatic rings. The maximum Gasteiger partial charge on any atom is 0.287 e. The molecule has 1 aromatic heterocycles. The minimum atomic E-state index is -0.294. The van der Waals surface area contributed by atoms with Gasteiger partial charge < -0.3 is 5.32 Å². The molecule has 20 heavy (non-hydrogen) atoms. The zero-order valence-corrected chi connectivity index (χ0v) is 12.7. The number of hydrogen-bond donors (Lipinski definition) is 1. The molecule has 0 spiro atoms. The third kappa shape index (κ3) is 3.32. The van der Waals surface area contributed by atoms with Gasteiger partial charge in [0.15, 0.2) is 0 Å². The monoisotopic (exact) mass is 311 g/mol. The lowest BCUT2D eigenvalue weighted by Crippen LogP contribution is -2.25. The minimum absolute atomic E-state index is 0.0259. The highest BCUT2D eigenvalue weighted by molar-refractivity contribution is 6.33. The highest BCUT2D eigenvalue weighted by Crippen LogP contribution is 2.18. The molecule has 6 heteroatoms. The van der Waals surface area contributed by atoms with Gasteiger partial charge in [0, 0.05) is 11.6 Å². The summed E-state index contributed by atoms with van der Waals surface area (Å²) in [6.45, 7) is 4.28. The van der Waals surface area contributed by atoms with Gasteiger partial charge >= 0.3 is 0 Å². The van der Waals surface area contributed by atoms with Crippen molar-refractivity contribution in [3.05, 3.63) is 56.4 Å². The molecule has 0 amide bonds. The van der Waals surface area contributed by atoms with Crippen LogP contribution in [0, 0.1) is 0 Å². The van der Waals surface area contributed by atoms with Crippen molar-refractivity contribution in [2.75, 3.05) is 5.32 Å². The number of nitrogens with zero attached hydrogens (tertiary/aromatic N) is 2. The van der Waals surface area contributed by atoms with Gasteiger partial charge in [-0.3, -0.25) is 4.79 Å². The van der Waals surface area contributed by atoms with Crippen molar-refractivity contribution in [3.63, 3.8) is 0 Å². The quantitative estimate of drug-likeness (QED) is 0.935. The van der Waals surface area contributed by atoms with E-state index < -0.39 is 0 Å². The van der Waals surface area contributed by atoms with Gasteiger partial charge in [0.05, 0.1) is 17.9 Å². The molecule has 0 aliphatic heterocycles.